The Balaban J connectivity index is 1.71. The van der Waals surface area contributed by atoms with Gasteiger partial charge in [-0.3, -0.25) is 14.5 Å². The summed E-state index contributed by atoms with van der Waals surface area (Å²) in [5, 5.41) is 4.65. The van der Waals surface area contributed by atoms with E-state index >= 15 is 0 Å². The summed E-state index contributed by atoms with van der Waals surface area (Å²) >= 11 is 1.96. The highest BCUT2D eigenvalue weighted by molar-refractivity contribution is 7.99. The summed E-state index contributed by atoms with van der Waals surface area (Å²) in [7, 11) is 0. The molecule has 3 heterocycles. The fourth-order valence-electron chi connectivity index (χ4n) is 3.08. The van der Waals surface area contributed by atoms with Gasteiger partial charge in [-0.25, -0.2) is 4.79 Å². The number of nitrogens with zero attached hydrogens (tertiary/aromatic N) is 5. The first-order valence-electron chi connectivity index (χ1n) is 8.73. The van der Waals surface area contributed by atoms with Crippen LogP contribution in [0.3, 0.4) is 0 Å². The molecule has 0 aliphatic carbocycles. The van der Waals surface area contributed by atoms with Gasteiger partial charge in [0.2, 0.25) is 0 Å². The highest BCUT2D eigenvalue weighted by atomic mass is 32.2. The molecule has 0 N–H and O–H groups in total. The monoisotopic (exact) mass is 367 g/mol. The van der Waals surface area contributed by atoms with E-state index in [-0.39, 0.29) is 5.69 Å². The van der Waals surface area contributed by atoms with Crippen molar-refractivity contribution in [3.63, 3.8) is 0 Å². The molecule has 1 aromatic carbocycles. The van der Waals surface area contributed by atoms with Crippen molar-refractivity contribution in [3.05, 3.63) is 70.9 Å². The molecule has 1 fully saturated rings. The molecule has 0 bridgehead atoms. The summed E-state index contributed by atoms with van der Waals surface area (Å²) in [5.41, 5.74) is 1.85. The molecule has 3 aromatic rings. The van der Waals surface area contributed by atoms with Crippen LogP contribution in [0.15, 0.2) is 59.7 Å². The molecule has 0 amide bonds. The van der Waals surface area contributed by atoms with Gasteiger partial charge in [0.15, 0.2) is 5.82 Å². The SMILES string of the molecule is O=c1n(CN2CCSCC2)nc(-c2cccnc2)n1Cc1ccccc1. The van der Waals surface area contributed by atoms with E-state index in [2.05, 4.69) is 15.0 Å². The first-order chi connectivity index (χ1) is 12.8. The summed E-state index contributed by atoms with van der Waals surface area (Å²) in [6, 6.07) is 13.8. The van der Waals surface area contributed by atoms with Crippen molar-refractivity contribution in [1.29, 1.82) is 0 Å². The number of rotatable bonds is 5. The molecule has 0 radical (unpaired) electrons. The van der Waals surface area contributed by atoms with Gasteiger partial charge in [-0.1, -0.05) is 30.3 Å². The van der Waals surface area contributed by atoms with E-state index in [1.807, 2.05) is 54.2 Å². The maximum absolute atomic E-state index is 13.1. The molecule has 6 nitrogen and oxygen atoms in total. The lowest BCUT2D eigenvalue weighted by Crippen LogP contribution is -2.38. The molecule has 134 valence electrons. The second-order valence-electron chi connectivity index (χ2n) is 6.29. The molecule has 26 heavy (non-hydrogen) atoms. The summed E-state index contributed by atoms with van der Waals surface area (Å²) < 4.78 is 3.33. The maximum Gasteiger partial charge on any atom is 0.347 e. The lowest BCUT2D eigenvalue weighted by atomic mass is 10.2. The van der Waals surface area contributed by atoms with Gasteiger partial charge in [0.25, 0.3) is 0 Å². The number of hydrogen-bond donors (Lipinski definition) is 0. The number of pyridine rings is 1. The van der Waals surface area contributed by atoms with Crippen LogP contribution in [0, 0.1) is 0 Å². The Morgan fingerprint density at radius 3 is 2.58 bits per heavy atom. The molecule has 1 saturated heterocycles. The number of benzene rings is 1. The molecule has 0 unspecified atom stereocenters. The van der Waals surface area contributed by atoms with Gasteiger partial charge in [0.1, 0.15) is 0 Å². The third-order valence-electron chi connectivity index (χ3n) is 4.46. The second-order valence-corrected chi connectivity index (χ2v) is 7.52. The van der Waals surface area contributed by atoms with Gasteiger partial charge in [-0.2, -0.15) is 16.4 Å². The number of hydrogen-bond acceptors (Lipinski definition) is 5. The predicted octanol–water partition coefficient (Wildman–Crippen LogP) is 2.16. The van der Waals surface area contributed by atoms with Crippen LogP contribution in [0.1, 0.15) is 5.56 Å². The minimum Gasteiger partial charge on any atom is -0.283 e. The molecule has 0 spiro atoms. The molecule has 1 aliphatic heterocycles. The first-order valence-corrected chi connectivity index (χ1v) is 9.89. The van der Waals surface area contributed by atoms with Crippen LogP contribution in [0.5, 0.6) is 0 Å². The average molecular weight is 367 g/mol. The number of aromatic nitrogens is 4. The highest BCUT2D eigenvalue weighted by Gasteiger charge is 2.18. The maximum atomic E-state index is 13.1. The molecule has 2 aromatic heterocycles. The van der Waals surface area contributed by atoms with Crippen LogP contribution in [0.25, 0.3) is 11.4 Å². The van der Waals surface area contributed by atoms with Crippen molar-refractivity contribution in [2.45, 2.75) is 13.2 Å². The Hall–Kier alpha value is -2.38. The fourth-order valence-corrected chi connectivity index (χ4v) is 4.06. The van der Waals surface area contributed by atoms with E-state index in [0.717, 1.165) is 35.7 Å². The van der Waals surface area contributed by atoms with Crippen LogP contribution >= 0.6 is 11.8 Å². The topological polar surface area (TPSA) is 56.0 Å². The van der Waals surface area contributed by atoms with Gasteiger partial charge < -0.3 is 0 Å². The molecule has 7 heteroatoms. The van der Waals surface area contributed by atoms with Gasteiger partial charge in [0, 0.05) is 42.6 Å². The van der Waals surface area contributed by atoms with E-state index < -0.39 is 0 Å². The standard InChI is InChI=1S/C19H21N5OS/c25-19-23(14-16-5-2-1-3-6-16)18(17-7-4-8-20-13-17)21-24(19)15-22-9-11-26-12-10-22/h1-8,13H,9-12,14-15H2. The molecule has 0 atom stereocenters. The van der Waals surface area contributed by atoms with Crippen molar-refractivity contribution in [3.8, 4) is 11.4 Å². The Bertz CT molecular complexity index is 901. The molecule has 1 aliphatic rings. The third-order valence-corrected chi connectivity index (χ3v) is 5.41. The van der Waals surface area contributed by atoms with Crippen LogP contribution in [-0.2, 0) is 13.2 Å². The van der Waals surface area contributed by atoms with Gasteiger partial charge in [-0.05, 0) is 17.7 Å². The fraction of sp³-hybridized carbons (Fsp3) is 0.316. The second kappa shape index (κ2) is 7.88. The molecule has 0 saturated carbocycles. The van der Waals surface area contributed by atoms with E-state index in [1.165, 1.54) is 0 Å². The van der Waals surface area contributed by atoms with Crippen molar-refractivity contribution in [2.24, 2.45) is 0 Å². The normalized spacial score (nSPS) is 15.2. The molecular weight excluding hydrogens is 346 g/mol. The summed E-state index contributed by atoms with van der Waals surface area (Å²) in [5.74, 6) is 2.88. The highest BCUT2D eigenvalue weighted by Crippen LogP contribution is 2.16. The smallest absolute Gasteiger partial charge is 0.283 e. The molecule has 4 rings (SSSR count). The summed E-state index contributed by atoms with van der Waals surface area (Å²) in [4.78, 5) is 19.5. The average Bonchev–Trinajstić information content (AvgIpc) is 3.00. The Morgan fingerprint density at radius 2 is 1.85 bits per heavy atom. The van der Waals surface area contributed by atoms with Crippen LogP contribution in [0.4, 0.5) is 0 Å². The summed E-state index contributed by atoms with van der Waals surface area (Å²) in [6.07, 6.45) is 3.48. The minimum atomic E-state index is -0.0778. The van der Waals surface area contributed by atoms with E-state index in [4.69, 9.17) is 0 Å². The van der Waals surface area contributed by atoms with E-state index in [1.54, 1.807) is 21.6 Å². The summed E-state index contributed by atoms with van der Waals surface area (Å²) in [6.45, 7) is 3.02. The Kier molecular flexibility index (Phi) is 5.17. The minimum absolute atomic E-state index is 0.0778. The number of thioether (sulfide) groups is 1. The molecular formula is C19H21N5OS. The van der Waals surface area contributed by atoms with Crippen molar-refractivity contribution in [2.75, 3.05) is 24.6 Å². The third kappa shape index (κ3) is 3.73. The quantitative estimate of drug-likeness (QED) is 0.692. The van der Waals surface area contributed by atoms with Gasteiger partial charge >= 0.3 is 5.69 Å². The van der Waals surface area contributed by atoms with Gasteiger partial charge in [-0.15, -0.1) is 5.10 Å². The van der Waals surface area contributed by atoms with E-state index in [9.17, 15) is 4.79 Å². The zero-order valence-corrected chi connectivity index (χ0v) is 15.3. The van der Waals surface area contributed by atoms with Crippen LogP contribution < -0.4 is 5.69 Å². The first kappa shape index (κ1) is 17.1. The largest absolute Gasteiger partial charge is 0.347 e. The lowest BCUT2D eigenvalue weighted by molar-refractivity contribution is 0.224. The van der Waals surface area contributed by atoms with Crippen molar-refractivity contribution in [1.82, 2.24) is 24.2 Å². The van der Waals surface area contributed by atoms with Crippen molar-refractivity contribution < 1.29 is 0 Å². The zero-order chi connectivity index (χ0) is 17.8. The lowest BCUT2D eigenvalue weighted by Gasteiger charge is -2.25. The van der Waals surface area contributed by atoms with E-state index in [0.29, 0.717) is 19.0 Å². The predicted molar refractivity (Wildman–Crippen MR) is 104 cm³/mol. The van der Waals surface area contributed by atoms with Crippen LogP contribution in [-0.4, -0.2) is 48.8 Å². The van der Waals surface area contributed by atoms with Crippen LogP contribution in [0.2, 0.25) is 0 Å². The Labute approximate surface area is 156 Å². The van der Waals surface area contributed by atoms with Crippen molar-refractivity contribution >= 4 is 11.8 Å². The van der Waals surface area contributed by atoms with Gasteiger partial charge in [0.05, 0.1) is 13.2 Å². The Morgan fingerprint density at radius 1 is 1.04 bits per heavy atom. The zero-order valence-electron chi connectivity index (χ0n) is 14.5.